The molecule has 0 spiro atoms. The van der Waals surface area contributed by atoms with Crippen LogP contribution in [0.4, 0.5) is 0 Å². The van der Waals surface area contributed by atoms with Crippen molar-refractivity contribution in [1.29, 1.82) is 0 Å². The Morgan fingerprint density at radius 1 is 1.41 bits per heavy atom. The molecule has 1 heterocycles. The van der Waals surface area contributed by atoms with E-state index in [0.717, 1.165) is 5.56 Å². The number of hydrazone groups is 1. The summed E-state index contributed by atoms with van der Waals surface area (Å²) in [6, 6.07) is 9.46. The molecular formula is C10H10N6O. The monoisotopic (exact) mass is 230 g/mol. The van der Waals surface area contributed by atoms with Crippen LogP contribution in [0.15, 0.2) is 35.4 Å². The number of carbonyl (C=O) groups excluding carboxylic acids is 1. The molecule has 0 fully saturated rings. The number of rotatable bonds is 4. The fourth-order valence-corrected chi connectivity index (χ4v) is 1.16. The second-order valence-corrected chi connectivity index (χ2v) is 3.21. The Labute approximate surface area is 96.9 Å². The molecule has 2 rings (SSSR count). The normalized spacial score (nSPS) is 10.6. The number of hydrogen-bond acceptors (Lipinski definition) is 5. The minimum atomic E-state index is -0.293. The van der Waals surface area contributed by atoms with Crippen LogP contribution in [-0.4, -0.2) is 32.7 Å². The van der Waals surface area contributed by atoms with E-state index in [9.17, 15) is 4.79 Å². The number of hydrogen-bond donors (Lipinski definition) is 2. The number of carbonyl (C=O) groups is 1. The van der Waals surface area contributed by atoms with E-state index < -0.39 is 0 Å². The van der Waals surface area contributed by atoms with Crippen LogP contribution in [0.1, 0.15) is 11.4 Å². The molecule has 17 heavy (non-hydrogen) atoms. The van der Waals surface area contributed by atoms with Crippen LogP contribution < -0.4 is 5.43 Å². The van der Waals surface area contributed by atoms with Crippen molar-refractivity contribution < 1.29 is 4.79 Å². The van der Waals surface area contributed by atoms with Crippen molar-refractivity contribution in [3.05, 3.63) is 41.7 Å². The molecule has 2 aromatic rings. The van der Waals surface area contributed by atoms with Gasteiger partial charge in [0.1, 0.15) is 0 Å². The summed E-state index contributed by atoms with van der Waals surface area (Å²) in [7, 11) is 0. The van der Waals surface area contributed by atoms with Crippen molar-refractivity contribution in [1.82, 2.24) is 26.0 Å². The van der Waals surface area contributed by atoms with Crippen molar-refractivity contribution in [2.24, 2.45) is 5.10 Å². The quantitative estimate of drug-likeness (QED) is 0.566. The SMILES string of the molecule is O=C(Cc1nn[nH]n1)N/N=C/c1ccccc1. The summed E-state index contributed by atoms with van der Waals surface area (Å²) >= 11 is 0. The number of H-pyrrole nitrogens is 1. The molecule has 0 radical (unpaired) electrons. The molecule has 0 bridgehead atoms. The molecule has 1 aromatic carbocycles. The highest BCUT2D eigenvalue weighted by Gasteiger charge is 2.05. The highest BCUT2D eigenvalue weighted by Crippen LogP contribution is 1.93. The van der Waals surface area contributed by atoms with Gasteiger partial charge in [0.05, 0.1) is 12.6 Å². The molecule has 2 N–H and O–H groups in total. The summed E-state index contributed by atoms with van der Waals surface area (Å²) in [4.78, 5) is 11.4. The Bertz CT molecular complexity index is 493. The lowest BCUT2D eigenvalue weighted by atomic mass is 10.2. The lowest BCUT2D eigenvalue weighted by molar-refractivity contribution is -0.120. The van der Waals surface area contributed by atoms with Crippen LogP contribution in [0, 0.1) is 0 Å². The molecule has 0 saturated heterocycles. The van der Waals surface area contributed by atoms with Gasteiger partial charge in [-0.1, -0.05) is 35.5 Å². The van der Waals surface area contributed by atoms with Crippen LogP contribution in [-0.2, 0) is 11.2 Å². The maximum Gasteiger partial charge on any atom is 0.247 e. The van der Waals surface area contributed by atoms with Gasteiger partial charge in [-0.25, -0.2) is 5.43 Å². The Morgan fingerprint density at radius 2 is 2.24 bits per heavy atom. The van der Waals surface area contributed by atoms with Gasteiger partial charge >= 0.3 is 0 Å². The number of benzene rings is 1. The van der Waals surface area contributed by atoms with Gasteiger partial charge in [0, 0.05) is 0 Å². The predicted octanol–water partition coefficient (Wildman–Crippen LogP) is -0.107. The molecule has 0 aliphatic carbocycles. The average molecular weight is 230 g/mol. The van der Waals surface area contributed by atoms with Crippen molar-refractivity contribution in [3.8, 4) is 0 Å². The zero-order valence-electron chi connectivity index (χ0n) is 8.87. The number of aromatic amines is 1. The van der Waals surface area contributed by atoms with Gasteiger partial charge in [-0.2, -0.15) is 10.3 Å². The first-order chi connectivity index (χ1) is 8.34. The zero-order chi connectivity index (χ0) is 11.9. The van der Waals surface area contributed by atoms with Gasteiger partial charge in [-0.05, 0) is 5.56 Å². The Morgan fingerprint density at radius 3 is 2.94 bits per heavy atom. The largest absolute Gasteiger partial charge is 0.273 e. The predicted molar refractivity (Wildman–Crippen MR) is 60.1 cm³/mol. The minimum Gasteiger partial charge on any atom is -0.273 e. The summed E-state index contributed by atoms with van der Waals surface area (Å²) in [5.74, 6) is 0.0380. The molecule has 0 aliphatic heterocycles. The molecule has 7 heteroatoms. The molecule has 86 valence electrons. The molecule has 7 nitrogen and oxygen atoms in total. The van der Waals surface area contributed by atoms with E-state index in [1.54, 1.807) is 6.21 Å². The smallest absolute Gasteiger partial charge is 0.247 e. The molecule has 1 amide bonds. The van der Waals surface area contributed by atoms with Gasteiger partial charge in [-0.3, -0.25) is 4.79 Å². The summed E-state index contributed by atoms with van der Waals surface area (Å²) in [5.41, 5.74) is 3.29. The molecule has 0 saturated carbocycles. The van der Waals surface area contributed by atoms with Crippen LogP contribution in [0.3, 0.4) is 0 Å². The summed E-state index contributed by atoms with van der Waals surface area (Å²) < 4.78 is 0. The topological polar surface area (TPSA) is 95.9 Å². The van der Waals surface area contributed by atoms with E-state index in [-0.39, 0.29) is 12.3 Å². The molecular weight excluding hydrogens is 220 g/mol. The van der Waals surface area contributed by atoms with Gasteiger partial charge in [-0.15, -0.1) is 10.2 Å². The van der Waals surface area contributed by atoms with Crippen LogP contribution >= 0.6 is 0 Å². The summed E-state index contributed by atoms with van der Waals surface area (Å²) in [6.45, 7) is 0. The maximum absolute atomic E-state index is 11.4. The summed E-state index contributed by atoms with van der Waals surface area (Å²) in [6.07, 6.45) is 1.61. The first kappa shape index (κ1) is 10.9. The fraction of sp³-hybridized carbons (Fsp3) is 0.100. The van der Waals surface area contributed by atoms with E-state index in [0.29, 0.717) is 5.82 Å². The van der Waals surface area contributed by atoms with Gasteiger partial charge < -0.3 is 0 Å². The lowest BCUT2D eigenvalue weighted by Crippen LogP contribution is -2.20. The van der Waals surface area contributed by atoms with Crippen LogP contribution in [0.25, 0.3) is 0 Å². The highest BCUT2D eigenvalue weighted by atomic mass is 16.2. The first-order valence-corrected chi connectivity index (χ1v) is 4.94. The van der Waals surface area contributed by atoms with Crippen LogP contribution in [0.5, 0.6) is 0 Å². The molecule has 1 aromatic heterocycles. The van der Waals surface area contributed by atoms with E-state index >= 15 is 0 Å². The Balaban J connectivity index is 1.82. The van der Waals surface area contributed by atoms with E-state index in [1.807, 2.05) is 30.3 Å². The number of aromatic nitrogens is 4. The number of amides is 1. The van der Waals surface area contributed by atoms with Crippen molar-refractivity contribution in [2.45, 2.75) is 6.42 Å². The first-order valence-electron chi connectivity index (χ1n) is 4.94. The standard InChI is InChI=1S/C10H10N6O/c17-10(6-9-12-15-16-13-9)14-11-7-8-4-2-1-3-5-8/h1-5,7H,6H2,(H,14,17)(H,12,13,15,16)/b11-7+. The van der Waals surface area contributed by atoms with E-state index in [4.69, 9.17) is 0 Å². The fourth-order valence-electron chi connectivity index (χ4n) is 1.16. The Hall–Kier alpha value is -2.57. The van der Waals surface area contributed by atoms with Crippen molar-refractivity contribution >= 4 is 12.1 Å². The molecule has 0 atom stereocenters. The maximum atomic E-state index is 11.4. The zero-order valence-corrected chi connectivity index (χ0v) is 8.87. The second-order valence-electron chi connectivity index (χ2n) is 3.21. The number of nitrogens with one attached hydrogen (secondary N) is 2. The van der Waals surface area contributed by atoms with Crippen molar-refractivity contribution in [3.63, 3.8) is 0 Å². The third-order valence-electron chi connectivity index (χ3n) is 1.91. The van der Waals surface area contributed by atoms with E-state index in [2.05, 4.69) is 31.2 Å². The number of tetrazole rings is 1. The number of nitrogens with zero attached hydrogens (tertiary/aromatic N) is 4. The third-order valence-corrected chi connectivity index (χ3v) is 1.91. The third kappa shape index (κ3) is 3.49. The average Bonchev–Trinajstić information content (AvgIpc) is 2.83. The Kier molecular flexibility index (Phi) is 3.53. The van der Waals surface area contributed by atoms with Gasteiger partial charge in [0.15, 0.2) is 5.82 Å². The second kappa shape index (κ2) is 5.50. The van der Waals surface area contributed by atoms with Gasteiger partial charge in [0.25, 0.3) is 0 Å². The lowest BCUT2D eigenvalue weighted by Gasteiger charge is -1.95. The van der Waals surface area contributed by atoms with Crippen LogP contribution in [0.2, 0.25) is 0 Å². The highest BCUT2D eigenvalue weighted by molar-refractivity contribution is 5.82. The summed E-state index contributed by atoms with van der Waals surface area (Å²) in [5, 5.41) is 16.8. The van der Waals surface area contributed by atoms with Crippen molar-refractivity contribution in [2.75, 3.05) is 0 Å². The molecule has 0 aliphatic rings. The van der Waals surface area contributed by atoms with E-state index in [1.165, 1.54) is 0 Å². The van der Waals surface area contributed by atoms with Gasteiger partial charge in [0.2, 0.25) is 5.91 Å². The molecule has 0 unspecified atom stereocenters. The minimum absolute atomic E-state index is 0.0443.